The lowest BCUT2D eigenvalue weighted by atomic mass is 10.2. The van der Waals surface area contributed by atoms with Gasteiger partial charge in [0.25, 0.3) is 5.91 Å². The van der Waals surface area contributed by atoms with Crippen LogP contribution in [-0.4, -0.2) is 27.9 Å². The minimum atomic E-state index is -0.539. The SMILES string of the molecule is C=CC(=O)NN[SiH2]C1CCCCO1. The summed E-state index contributed by atoms with van der Waals surface area (Å²) in [5.74, 6) is -0.177. The largest absolute Gasteiger partial charge is 0.381 e. The average Bonchev–Trinajstić information content (AvgIpc) is 2.19. The fourth-order valence-electron chi connectivity index (χ4n) is 1.27. The van der Waals surface area contributed by atoms with Crippen molar-refractivity contribution < 1.29 is 9.53 Å². The minimum Gasteiger partial charge on any atom is -0.381 e. The Morgan fingerprint density at radius 2 is 2.46 bits per heavy atom. The third-order valence-electron chi connectivity index (χ3n) is 2.00. The number of amides is 1. The molecule has 13 heavy (non-hydrogen) atoms. The molecule has 4 nitrogen and oxygen atoms in total. The van der Waals surface area contributed by atoms with Gasteiger partial charge in [-0.3, -0.25) is 15.3 Å². The van der Waals surface area contributed by atoms with Crippen molar-refractivity contribution in [2.24, 2.45) is 0 Å². The second-order valence-corrected chi connectivity index (χ2v) is 4.74. The summed E-state index contributed by atoms with van der Waals surface area (Å²) in [4.78, 5) is 10.7. The summed E-state index contributed by atoms with van der Waals surface area (Å²) in [5, 5.41) is 2.95. The zero-order valence-corrected chi connectivity index (χ0v) is 9.13. The van der Waals surface area contributed by atoms with E-state index in [1.54, 1.807) is 0 Å². The molecule has 0 aromatic heterocycles. The van der Waals surface area contributed by atoms with Crippen LogP contribution in [-0.2, 0) is 9.53 Å². The molecule has 1 aliphatic heterocycles. The monoisotopic (exact) mass is 200 g/mol. The number of hydrogen-bond donors (Lipinski definition) is 2. The molecule has 1 saturated heterocycles. The van der Waals surface area contributed by atoms with Crippen LogP contribution in [0.5, 0.6) is 0 Å². The second kappa shape index (κ2) is 5.90. The number of ether oxygens (including phenoxy) is 1. The van der Waals surface area contributed by atoms with Crippen LogP contribution in [0.2, 0.25) is 0 Å². The Morgan fingerprint density at radius 1 is 1.62 bits per heavy atom. The van der Waals surface area contributed by atoms with E-state index in [1.807, 2.05) is 0 Å². The lowest BCUT2D eigenvalue weighted by molar-refractivity contribution is -0.116. The third-order valence-corrected chi connectivity index (χ3v) is 3.48. The molecular weight excluding hydrogens is 184 g/mol. The highest BCUT2D eigenvalue weighted by Gasteiger charge is 2.13. The fraction of sp³-hybridized carbons (Fsp3) is 0.625. The smallest absolute Gasteiger partial charge is 0.256 e. The Morgan fingerprint density at radius 3 is 3.08 bits per heavy atom. The maximum atomic E-state index is 10.7. The van der Waals surface area contributed by atoms with Crippen molar-refractivity contribution in [3.63, 3.8) is 0 Å². The molecule has 2 N–H and O–H groups in total. The highest BCUT2D eigenvalue weighted by Crippen LogP contribution is 2.10. The lowest BCUT2D eigenvalue weighted by Gasteiger charge is -2.22. The van der Waals surface area contributed by atoms with Crippen LogP contribution in [0.4, 0.5) is 0 Å². The second-order valence-electron chi connectivity index (χ2n) is 3.06. The van der Waals surface area contributed by atoms with Crippen LogP contribution >= 0.6 is 0 Å². The van der Waals surface area contributed by atoms with Crippen molar-refractivity contribution in [3.8, 4) is 0 Å². The van der Waals surface area contributed by atoms with Gasteiger partial charge in [-0.25, -0.2) is 0 Å². The molecule has 0 aromatic carbocycles. The van der Waals surface area contributed by atoms with Gasteiger partial charge in [-0.15, -0.1) is 0 Å². The van der Waals surface area contributed by atoms with E-state index in [2.05, 4.69) is 17.1 Å². The minimum absolute atomic E-state index is 0.177. The highest BCUT2D eigenvalue weighted by molar-refractivity contribution is 6.34. The maximum Gasteiger partial charge on any atom is 0.256 e. The van der Waals surface area contributed by atoms with E-state index in [0.717, 1.165) is 13.0 Å². The molecule has 0 radical (unpaired) electrons. The molecule has 0 aromatic rings. The summed E-state index contributed by atoms with van der Waals surface area (Å²) in [6.45, 7) is 4.23. The molecule has 1 heterocycles. The molecular formula is C8H16N2O2Si. The summed E-state index contributed by atoms with van der Waals surface area (Å²) in [7, 11) is -0.539. The van der Waals surface area contributed by atoms with Crippen molar-refractivity contribution in [1.82, 2.24) is 10.5 Å². The van der Waals surface area contributed by atoms with Crippen LogP contribution in [0, 0.1) is 0 Å². The first kappa shape index (κ1) is 10.4. The highest BCUT2D eigenvalue weighted by atomic mass is 28.2. The summed E-state index contributed by atoms with van der Waals surface area (Å²) in [6, 6.07) is 0. The molecule has 5 heteroatoms. The van der Waals surface area contributed by atoms with E-state index in [0.29, 0.717) is 5.73 Å². The van der Waals surface area contributed by atoms with Gasteiger partial charge in [-0.1, -0.05) is 6.58 Å². The normalized spacial score (nSPS) is 23.2. The van der Waals surface area contributed by atoms with Crippen LogP contribution < -0.4 is 10.5 Å². The summed E-state index contributed by atoms with van der Waals surface area (Å²) < 4.78 is 5.52. The van der Waals surface area contributed by atoms with E-state index in [4.69, 9.17) is 4.74 Å². The Balaban J connectivity index is 2.04. The van der Waals surface area contributed by atoms with Gasteiger partial charge in [0.15, 0.2) is 0 Å². The van der Waals surface area contributed by atoms with E-state index in [1.165, 1.54) is 18.9 Å². The Kier molecular flexibility index (Phi) is 4.73. The summed E-state index contributed by atoms with van der Waals surface area (Å²) >= 11 is 0. The average molecular weight is 200 g/mol. The van der Waals surface area contributed by atoms with Gasteiger partial charge in [0.2, 0.25) is 0 Å². The Bertz CT molecular complexity index is 181. The van der Waals surface area contributed by atoms with Crippen LogP contribution in [0.3, 0.4) is 0 Å². The van der Waals surface area contributed by atoms with Gasteiger partial charge < -0.3 is 4.74 Å². The quantitative estimate of drug-likeness (QED) is 0.362. The van der Waals surface area contributed by atoms with Crippen LogP contribution in [0.25, 0.3) is 0 Å². The number of hydrazine groups is 1. The van der Waals surface area contributed by atoms with Crippen LogP contribution in [0.15, 0.2) is 12.7 Å². The van der Waals surface area contributed by atoms with Gasteiger partial charge in [-0.05, 0) is 25.3 Å². The van der Waals surface area contributed by atoms with Crippen molar-refractivity contribution >= 4 is 15.6 Å². The Labute approximate surface area is 80.6 Å². The molecule has 0 aliphatic carbocycles. The molecule has 1 unspecified atom stereocenters. The predicted molar refractivity (Wildman–Crippen MR) is 53.6 cm³/mol. The zero-order chi connectivity index (χ0) is 9.52. The molecule has 1 fully saturated rings. The molecule has 0 bridgehead atoms. The topological polar surface area (TPSA) is 50.4 Å². The molecule has 1 aliphatic rings. The van der Waals surface area contributed by atoms with Crippen molar-refractivity contribution in [3.05, 3.63) is 12.7 Å². The van der Waals surface area contributed by atoms with Gasteiger partial charge in [-0.2, -0.15) is 0 Å². The number of carbonyl (C=O) groups is 1. The van der Waals surface area contributed by atoms with E-state index in [-0.39, 0.29) is 5.91 Å². The predicted octanol–water partition coefficient (Wildman–Crippen LogP) is -0.596. The fourth-order valence-corrected chi connectivity index (χ4v) is 2.55. The van der Waals surface area contributed by atoms with E-state index < -0.39 is 9.68 Å². The molecule has 0 spiro atoms. The third kappa shape index (κ3) is 4.21. The molecule has 1 rings (SSSR count). The van der Waals surface area contributed by atoms with Crippen molar-refractivity contribution in [1.29, 1.82) is 0 Å². The van der Waals surface area contributed by atoms with Gasteiger partial charge in [0.1, 0.15) is 9.68 Å². The van der Waals surface area contributed by atoms with Crippen molar-refractivity contribution in [2.75, 3.05) is 6.61 Å². The number of rotatable bonds is 4. The number of carbonyl (C=O) groups excluding carboxylic acids is 1. The van der Waals surface area contributed by atoms with E-state index >= 15 is 0 Å². The first-order valence-electron chi connectivity index (χ1n) is 4.60. The van der Waals surface area contributed by atoms with Crippen LogP contribution in [0.1, 0.15) is 19.3 Å². The first-order valence-corrected chi connectivity index (χ1v) is 6.12. The van der Waals surface area contributed by atoms with Crippen molar-refractivity contribution in [2.45, 2.75) is 25.0 Å². The molecule has 1 amide bonds. The standard InChI is InChI=1S/C8H16N2O2Si/c1-2-7(11)9-10-13-8-5-3-4-6-12-8/h2,8,10H,1,3-6,13H2,(H,9,11). The van der Waals surface area contributed by atoms with Gasteiger partial charge in [0, 0.05) is 6.61 Å². The maximum absolute atomic E-state index is 10.7. The Hall–Kier alpha value is -0.653. The molecule has 74 valence electrons. The first-order chi connectivity index (χ1) is 6.33. The summed E-state index contributed by atoms with van der Waals surface area (Å²) in [6.07, 6.45) is 4.80. The number of hydrogen-bond acceptors (Lipinski definition) is 3. The number of nitrogens with one attached hydrogen (secondary N) is 2. The zero-order valence-electron chi connectivity index (χ0n) is 7.71. The summed E-state index contributed by atoms with van der Waals surface area (Å²) in [5.41, 5.74) is 2.93. The molecule has 0 saturated carbocycles. The lowest BCUT2D eigenvalue weighted by Crippen LogP contribution is -2.45. The van der Waals surface area contributed by atoms with E-state index in [9.17, 15) is 4.79 Å². The van der Waals surface area contributed by atoms with Gasteiger partial charge >= 0.3 is 0 Å². The molecule has 1 atom stereocenters. The van der Waals surface area contributed by atoms with Gasteiger partial charge in [0.05, 0.1) is 5.73 Å².